The van der Waals surface area contributed by atoms with Crippen LogP contribution in [0.1, 0.15) is 12.5 Å². The minimum atomic E-state index is -1.26. The van der Waals surface area contributed by atoms with Gasteiger partial charge in [-0.2, -0.15) is 0 Å². The second-order valence-corrected chi connectivity index (χ2v) is 8.33. The molecule has 4 rings (SSSR count). The lowest BCUT2D eigenvalue weighted by atomic mass is 9.95. The van der Waals surface area contributed by atoms with Crippen molar-refractivity contribution >= 4 is 46.0 Å². The Bertz CT molecular complexity index is 959. The highest BCUT2D eigenvalue weighted by Crippen LogP contribution is 2.29. The van der Waals surface area contributed by atoms with E-state index >= 15 is 0 Å². The van der Waals surface area contributed by atoms with E-state index in [2.05, 4.69) is 24.3 Å². The SMILES string of the molecule is CC(=O)SC1CN(C(Cl)C(=O)OCc2ccc([N+](=O)[O-])cc2)C1=O.c1cc2ccc1-2. The molecule has 2 atom stereocenters. The molecule has 1 heterocycles. The van der Waals surface area contributed by atoms with Crippen LogP contribution in [0.25, 0.3) is 11.1 Å². The summed E-state index contributed by atoms with van der Waals surface area (Å²) in [4.78, 5) is 45.8. The molecule has 3 aliphatic rings. The van der Waals surface area contributed by atoms with Crippen molar-refractivity contribution in [1.82, 2.24) is 4.90 Å². The summed E-state index contributed by atoms with van der Waals surface area (Å²) >= 11 is 6.81. The second-order valence-electron chi connectivity index (χ2n) is 6.53. The minimum absolute atomic E-state index is 0.0690. The van der Waals surface area contributed by atoms with Crippen molar-refractivity contribution in [3.8, 4) is 11.1 Å². The molecule has 10 heteroatoms. The zero-order chi connectivity index (χ0) is 21.8. The first-order chi connectivity index (χ1) is 14.3. The van der Waals surface area contributed by atoms with Gasteiger partial charge in [-0.1, -0.05) is 47.6 Å². The molecule has 30 heavy (non-hydrogen) atoms. The van der Waals surface area contributed by atoms with Crippen LogP contribution in [0.4, 0.5) is 5.69 Å². The van der Waals surface area contributed by atoms with Gasteiger partial charge in [-0.15, -0.1) is 0 Å². The Morgan fingerprint density at radius 1 is 1.20 bits per heavy atom. The molecule has 2 aliphatic carbocycles. The molecule has 1 aromatic carbocycles. The van der Waals surface area contributed by atoms with E-state index in [1.165, 1.54) is 42.3 Å². The molecule has 8 nitrogen and oxygen atoms in total. The van der Waals surface area contributed by atoms with E-state index in [0.29, 0.717) is 5.56 Å². The third-order valence-electron chi connectivity index (χ3n) is 4.44. The summed E-state index contributed by atoms with van der Waals surface area (Å²) in [6.45, 7) is 1.44. The molecule has 1 fully saturated rings. The van der Waals surface area contributed by atoms with Crippen LogP contribution in [0.15, 0.2) is 48.5 Å². The van der Waals surface area contributed by atoms with Crippen LogP contribution in [-0.2, 0) is 25.7 Å². The Morgan fingerprint density at radius 3 is 2.17 bits per heavy atom. The van der Waals surface area contributed by atoms with Gasteiger partial charge in [0.2, 0.25) is 11.4 Å². The first-order valence-corrected chi connectivity index (χ1v) is 10.2. The topological polar surface area (TPSA) is 107 Å². The van der Waals surface area contributed by atoms with Crippen LogP contribution in [0.5, 0.6) is 0 Å². The highest BCUT2D eigenvalue weighted by atomic mass is 35.5. The number of non-ortho nitro benzene ring substituents is 1. The number of amides is 1. The van der Waals surface area contributed by atoms with Gasteiger partial charge in [0, 0.05) is 25.6 Å². The monoisotopic (exact) mass is 448 g/mol. The number of fused-ring (bicyclic) bond motifs is 1. The summed E-state index contributed by atoms with van der Waals surface area (Å²) in [6.07, 6.45) is 0. The van der Waals surface area contributed by atoms with Gasteiger partial charge in [0.15, 0.2) is 5.12 Å². The lowest BCUT2D eigenvalue weighted by molar-refractivity contribution is -0.384. The molecule has 156 valence electrons. The number of carbonyl (C=O) groups is 3. The number of ether oxygens (including phenoxy) is 1. The number of nitro benzene ring substituents is 1. The number of alkyl halides is 1. The molecule has 0 bridgehead atoms. The molecule has 0 N–H and O–H groups in total. The number of nitrogens with zero attached hydrogens (tertiary/aromatic N) is 2. The van der Waals surface area contributed by atoms with Crippen LogP contribution in [0, 0.1) is 10.1 Å². The van der Waals surface area contributed by atoms with Crippen molar-refractivity contribution in [2.75, 3.05) is 6.54 Å². The van der Waals surface area contributed by atoms with Gasteiger partial charge in [-0.25, -0.2) is 4.79 Å². The van der Waals surface area contributed by atoms with E-state index in [1.807, 2.05) is 0 Å². The minimum Gasteiger partial charge on any atom is -0.458 e. The van der Waals surface area contributed by atoms with Gasteiger partial charge >= 0.3 is 5.97 Å². The summed E-state index contributed by atoms with van der Waals surface area (Å²) in [7, 11) is 0. The molecule has 0 aromatic heterocycles. The van der Waals surface area contributed by atoms with Crippen molar-refractivity contribution in [2.45, 2.75) is 24.3 Å². The molecule has 0 radical (unpaired) electrons. The summed E-state index contributed by atoms with van der Waals surface area (Å²) in [6, 6.07) is 14.0. The highest BCUT2D eigenvalue weighted by molar-refractivity contribution is 8.14. The summed E-state index contributed by atoms with van der Waals surface area (Å²) in [5.41, 5.74) is 2.07. The summed E-state index contributed by atoms with van der Waals surface area (Å²) in [5.74, 6) is -1.18. The number of halogens is 1. The average Bonchev–Trinajstić information content (AvgIpc) is 2.71. The summed E-state index contributed by atoms with van der Waals surface area (Å²) in [5, 5.41) is 9.86. The summed E-state index contributed by atoms with van der Waals surface area (Å²) < 4.78 is 5.00. The largest absolute Gasteiger partial charge is 0.458 e. The molecule has 1 saturated heterocycles. The van der Waals surface area contributed by atoms with Gasteiger partial charge < -0.3 is 9.64 Å². The van der Waals surface area contributed by atoms with Crippen molar-refractivity contribution < 1.29 is 24.0 Å². The van der Waals surface area contributed by atoms with E-state index in [1.54, 1.807) is 0 Å². The predicted octanol–water partition coefficient (Wildman–Crippen LogP) is 3.36. The molecule has 0 spiro atoms. The number of carbonyl (C=O) groups excluding carboxylic acids is 3. The van der Waals surface area contributed by atoms with Crippen molar-refractivity contribution in [1.29, 1.82) is 0 Å². The molecular formula is C20H17ClN2O6S. The Kier molecular flexibility index (Phi) is 6.73. The number of esters is 1. The highest BCUT2D eigenvalue weighted by Gasteiger charge is 2.44. The maximum Gasteiger partial charge on any atom is 0.344 e. The lowest BCUT2D eigenvalue weighted by Crippen LogP contribution is -2.59. The van der Waals surface area contributed by atoms with Crippen LogP contribution in [0.2, 0.25) is 0 Å². The van der Waals surface area contributed by atoms with Crippen LogP contribution in [-0.4, -0.2) is 44.1 Å². The second kappa shape index (κ2) is 9.27. The first-order valence-electron chi connectivity index (χ1n) is 8.88. The first kappa shape index (κ1) is 21.8. The number of thioether (sulfide) groups is 1. The zero-order valence-corrected chi connectivity index (χ0v) is 17.4. The Hall–Kier alpha value is -2.91. The van der Waals surface area contributed by atoms with Crippen LogP contribution >= 0.6 is 23.4 Å². The van der Waals surface area contributed by atoms with Gasteiger partial charge in [0.25, 0.3) is 5.69 Å². The van der Waals surface area contributed by atoms with Gasteiger partial charge in [0.05, 0.1) is 4.92 Å². The Morgan fingerprint density at radius 2 is 1.77 bits per heavy atom. The Balaban J connectivity index is 0.000000357. The number of hydrogen-bond donors (Lipinski definition) is 0. The zero-order valence-electron chi connectivity index (χ0n) is 15.8. The molecule has 2 unspecified atom stereocenters. The van der Waals surface area contributed by atoms with E-state index < -0.39 is 21.6 Å². The normalized spacial score (nSPS) is 16.5. The quantitative estimate of drug-likeness (QED) is 0.142. The predicted molar refractivity (Wildman–Crippen MR) is 112 cm³/mol. The van der Waals surface area contributed by atoms with Gasteiger partial charge in [0.1, 0.15) is 11.9 Å². The lowest BCUT2D eigenvalue weighted by Gasteiger charge is -2.39. The third-order valence-corrected chi connectivity index (χ3v) is 5.82. The maximum atomic E-state index is 11.9. The smallest absolute Gasteiger partial charge is 0.344 e. The van der Waals surface area contributed by atoms with E-state index in [9.17, 15) is 24.5 Å². The number of likely N-dealkylation sites (tertiary alicyclic amines) is 1. The Labute approximate surface area is 181 Å². The van der Waals surface area contributed by atoms with Crippen molar-refractivity contribution in [3.63, 3.8) is 0 Å². The molecule has 1 amide bonds. The number of benzene rings is 2. The average molecular weight is 449 g/mol. The van der Waals surface area contributed by atoms with Gasteiger partial charge in [-0.05, 0) is 28.8 Å². The number of hydrogen-bond acceptors (Lipinski definition) is 7. The standard InChI is InChI=1S/C14H13ClN2O6S.C6H4/c1-8(18)24-11-6-16(13(11)19)12(15)14(20)23-7-9-2-4-10(5-3-9)17(21)22;1-2-6-4-3-5(1)6/h2-5,11-12H,6-7H2,1H3;1-4H. The van der Waals surface area contributed by atoms with Crippen LogP contribution < -0.4 is 0 Å². The fourth-order valence-corrected chi connectivity index (χ4v) is 3.75. The van der Waals surface area contributed by atoms with Crippen molar-refractivity contribution in [2.24, 2.45) is 0 Å². The number of nitro groups is 1. The third kappa shape index (κ3) is 4.98. The molecule has 0 saturated carbocycles. The van der Waals surface area contributed by atoms with Crippen LogP contribution in [0.3, 0.4) is 0 Å². The fourth-order valence-electron chi connectivity index (χ4n) is 2.64. The fraction of sp³-hybridized carbons (Fsp3) is 0.250. The molecule has 1 aromatic rings. The van der Waals surface area contributed by atoms with E-state index in [4.69, 9.17) is 16.3 Å². The van der Waals surface area contributed by atoms with E-state index in [-0.39, 0.29) is 29.9 Å². The maximum absolute atomic E-state index is 11.9. The van der Waals surface area contributed by atoms with Crippen molar-refractivity contribution in [3.05, 3.63) is 64.2 Å². The van der Waals surface area contributed by atoms with E-state index in [0.717, 1.165) is 16.7 Å². The molecule has 1 aliphatic heterocycles. The number of rotatable bonds is 6. The van der Waals surface area contributed by atoms with Gasteiger partial charge in [-0.3, -0.25) is 19.7 Å². The molecular weight excluding hydrogens is 432 g/mol. The number of β-lactam (4-membered cyclic amide) rings is 1.